The van der Waals surface area contributed by atoms with Crippen molar-refractivity contribution in [2.24, 2.45) is 5.73 Å². The third-order valence-electron chi connectivity index (χ3n) is 2.55. The van der Waals surface area contributed by atoms with Crippen LogP contribution in [0.1, 0.15) is 19.4 Å². The van der Waals surface area contributed by atoms with Crippen LogP contribution < -0.4 is 20.5 Å². The predicted octanol–water partition coefficient (Wildman–Crippen LogP) is 1.24. The fourth-order valence-corrected chi connectivity index (χ4v) is 1.45. The number of nitrogens with two attached hydrogens (primary N) is 1. The second kappa shape index (κ2) is 6.43. The van der Waals surface area contributed by atoms with E-state index in [4.69, 9.17) is 15.2 Å². The van der Waals surface area contributed by atoms with Crippen LogP contribution in [0.2, 0.25) is 0 Å². The van der Waals surface area contributed by atoms with E-state index in [-0.39, 0.29) is 5.91 Å². The summed E-state index contributed by atoms with van der Waals surface area (Å²) in [5.41, 5.74) is 5.89. The molecular weight excluding hydrogens is 244 g/mol. The fraction of sp³-hybridized carbons (Fsp3) is 0.500. The summed E-state index contributed by atoms with van der Waals surface area (Å²) in [6.45, 7) is 6.06. The molecule has 0 aliphatic carbocycles. The summed E-state index contributed by atoms with van der Waals surface area (Å²) in [6, 6.07) is 5.69. The molecule has 0 spiro atoms. The normalized spacial score (nSPS) is 11.0. The molecule has 0 fully saturated rings. The molecule has 0 saturated carbocycles. The Morgan fingerprint density at radius 3 is 2.63 bits per heavy atom. The van der Waals surface area contributed by atoms with Crippen molar-refractivity contribution < 1.29 is 14.3 Å². The predicted molar refractivity (Wildman–Crippen MR) is 74.5 cm³/mol. The van der Waals surface area contributed by atoms with Gasteiger partial charge in [-0.05, 0) is 38.5 Å². The highest BCUT2D eigenvalue weighted by molar-refractivity contribution is 5.84. The summed E-state index contributed by atoms with van der Waals surface area (Å²) >= 11 is 0. The van der Waals surface area contributed by atoms with Crippen LogP contribution in [0.25, 0.3) is 0 Å². The smallest absolute Gasteiger partial charge is 0.239 e. The summed E-state index contributed by atoms with van der Waals surface area (Å²) in [4.78, 5) is 11.5. The highest BCUT2D eigenvalue weighted by Crippen LogP contribution is 2.27. The monoisotopic (exact) mass is 266 g/mol. The lowest BCUT2D eigenvalue weighted by atomic mass is 10.1. The first-order chi connectivity index (χ1) is 8.84. The molecule has 5 nitrogen and oxygen atoms in total. The van der Waals surface area contributed by atoms with Crippen molar-refractivity contribution in [2.75, 3.05) is 20.3 Å². The maximum atomic E-state index is 11.5. The van der Waals surface area contributed by atoms with Crippen LogP contribution in [-0.4, -0.2) is 31.7 Å². The molecule has 0 bridgehead atoms. The van der Waals surface area contributed by atoms with Crippen molar-refractivity contribution >= 4 is 5.91 Å². The van der Waals surface area contributed by atoms with Gasteiger partial charge in [-0.3, -0.25) is 4.79 Å². The Kier molecular flexibility index (Phi) is 5.18. The van der Waals surface area contributed by atoms with Crippen LogP contribution in [0, 0.1) is 6.92 Å². The van der Waals surface area contributed by atoms with Gasteiger partial charge in [0.05, 0.1) is 19.2 Å². The first-order valence-electron chi connectivity index (χ1n) is 6.19. The van der Waals surface area contributed by atoms with Crippen LogP contribution in [0.15, 0.2) is 18.2 Å². The first-order valence-corrected chi connectivity index (χ1v) is 6.19. The fourth-order valence-electron chi connectivity index (χ4n) is 1.45. The number of aryl methyl sites for hydroxylation is 1. The van der Waals surface area contributed by atoms with Crippen LogP contribution in [0.4, 0.5) is 0 Å². The van der Waals surface area contributed by atoms with Gasteiger partial charge in [0, 0.05) is 0 Å². The van der Waals surface area contributed by atoms with E-state index >= 15 is 0 Å². The molecule has 5 heteroatoms. The second-order valence-corrected chi connectivity index (χ2v) is 4.98. The molecule has 1 aromatic rings. The molecule has 0 radical (unpaired) electrons. The molecular formula is C14H22N2O3. The van der Waals surface area contributed by atoms with Crippen molar-refractivity contribution in [2.45, 2.75) is 26.3 Å². The zero-order valence-electron chi connectivity index (χ0n) is 11.9. The van der Waals surface area contributed by atoms with E-state index in [0.29, 0.717) is 24.7 Å². The Hall–Kier alpha value is -1.75. The first kappa shape index (κ1) is 15.3. The lowest BCUT2D eigenvalue weighted by Gasteiger charge is -2.18. The quantitative estimate of drug-likeness (QED) is 0.760. The minimum atomic E-state index is -0.873. The molecule has 0 saturated heterocycles. The van der Waals surface area contributed by atoms with E-state index in [1.165, 1.54) is 0 Å². The van der Waals surface area contributed by atoms with E-state index in [1.807, 2.05) is 25.1 Å². The Morgan fingerprint density at radius 1 is 1.37 bits per heavy atom. The molecule has 19 heavy (non-hydrogen) atoms. The van der Waals surface area contributed by atoms with Crippen molar-refractivity contribution in [3.63, 3.8) is 0 Å². The van der Waals surface area contributed by atoms with Gasteiger partial charge >= 0.3 is 0 Å². The maximum absolute atomic E-state index is 11.5. The molecule has 0 unspecified atom stereocenters. The van der Waals surface area contributed by atoms with Crippen molar-refractivity contribution in [3.8, 4) is 11.5 Å². The van der Waals surface area contributed by atoms with Crippen molar-refractivity contribution in [3.05, 3.63) is 23.8 Å². The molecule has 0 aromatic heterocycles. The van der Waals surface area contributed by atoms with Gasteiger partial charge in [-0.15, -0.1) is 0 Å². The SMILES string of the molecule is COc1cc(C)ccc1OCCNC(=O)C(C)(C)N. The van der Waals surface area contributed by atoms with E-state index in [1.54, 1.807) is 21.0 Å². The number of benzene rings is 1. The number of hydrogen-bond donors (Lipinski definition) is 2. The van der Waals surface area contributed by atoms with E-state index in [2.05, 4.69) is 5.32 Å². The molecule has 1 amide bonds. The van der Waals surface area contributed by atoms with E-state index < -0.39 is 5.54 Å². The number of amides is 1. The number of ether oxygens (including phenoxy) is 2. The average molecular weight is 266 g/mol. The topological polar surface area (TPSA) is 73.6 Å². The Labute approximate surface area is 114 Å². The third kappa shape index (κ3) is 4.79. The van der Waals surface area contributed by atoms with Gasteiger partial charge < -0.3 is 20.5 Å². The Balaban J connectivity index is 2.44. The summed E-state index contributed by atoms with van der Waals surface area (Å²) < 4.78 is 10.8. The largest absolute Gasteiger partial charge is 0.493 e. The highest BCUT2D eigenvalue weighted by Gasteiger charge is 2.20. The molecule has 0 aliphatic heterocycles. The van der Waals surface area contributed by atoms with Crippen LogP contribution in [-0.2, 0) is 4.79 Å². The van der Waals surface area contributed by atoms with E-state index in [0.717, 1.165) is 5.56 Å². The molecule has 0 heterocycles. The van der Waals surface area contributed by atoms with Crippen LogP contribution in [0.5, 0.6) is 11.5 Å². The van der Waals surface area contributed by atoms with Gasteiger partial charge in [-0.1, -0.05) is 6.07 Å². The second-order valence-electron chi connectivity index (χ2n) is 4.98. The molecule has 0 aliphatic rings. The zero-order chi connectivity index (χ0) is 14.5. The zero-order valence-corrected chi connectivity index (χ0v) is 11.9. The number of hydrogen-bond acceptors (Lipinski definition) is 4. The minimum Gasteiger partial charge on any atom is -0.493 e. The molecule has 1 rings (SSSR count). The van der Waals surface area contributed by atoms with Gasteiger partial charge in [0.1, 0.15) is 6.61 Å². The van der Waals surface area contributed by atoms with Gasteiger partial charge in [-0.25, -0.2) is 0 Å². The summed E-state index contributed by atoms with van der Waals surface area (Å²) in [6.07, 6.45) is 0. The number of methoxy groups -OCH3 is 1. The van der Waals surface area contributed by atoms with Crippen molar-refractivity contribution in [1.29, 1.82) is 0 Å². The highest BCUT2D eigenvalue weighted by atomic mass is 16.5. The Bertz CT molecular complexity index is 439. The summed E-state index contributed by atoms with van der Waals surface area (Å²) in [5.74, 6) is 1.15. The third-order valence-corrected chi connectivity index (χ3v) is 2.55. The maximum Gasteiger partial charge on any atom is 0.239 e. The van der Waals surface area contributed by atoms with Gasteiger partial charge in [0.25, 0.3) is 0 Å². The average Bonchev–Trinajstić information content (AvgIpc) is 2.34. The van der Waals surface area contributed by atoms with Crippen LogP contribution >= 0.6 is 0 Å². The molecule has 106 valence electrons. The minimum absolute atomic E-state index is 0.202. The van der Waals surface area contributed by atoms with Gasteiger partial charge in [0.2, 0.25) is 5.91 Å². The number of carbonyl (C=O) groups is 1. The lowest BCUT2D eigenvalue weighted by Crippen LogP contribution is -2.49. The Morgan fingerprint density at radius 2 is 2.05 bits per heavy atom. The van der Waals surface area contributed by atoms with Crippen molar-refractivity contribution in [1.82, 2.24) is 5.32 Å². The van der Waals surface area contributed by atoms with Crippen LogP contribution in [0.3, 0.4) is 0 Å². The molecule has 3 N–H and O–H groups in total. The van der Waals surface area contributed by atoms with Gasteiger partial charge in [-0.2, -0.15) is 0 Å². The number of rotatable bonds is 6. The molecule has 1 aromatic carbocycles. The number of carbonyl (C=O) groups excluding carboxylic acids is 1. The van der Waals surface area contributed by atoms with E-state index in [9.17, 15) is 4.79 Å². The lowest BCUT2D eigenvalue weighted by molar-refractivity contribution is -0.125. The summed E-state index contributed by atoms with van der Waals surface area (Å²) in [5, 5.41) is 2.71. The van der Waals surface area contributed by atoms with Gasteiger partial charge in [0.15, 0.2) is 11.5 Å². The summed E-state index contributed by atoms with van der Waals surface area (Å²) in [7, 11) is 1.60. The number of nitrogens with one attached hydrogen (secondary N) is 1. The molecule has 0 atom stereocenters. The standard InChI is InChI=1S/C14H22N2O3/c1-10-5-6-11(12(9-10)18-4)19-8-7-16-13(17)14(2,3)15/h5-6,9H,7-8,15H2,1-4H3,(H,16,17).